The van der Waals surface area contributed by atoms with Crippen molar-refractivity contribution >= 4 is 11.7 Å². The number of rotatable bonds is 6. The van der Waals surface area contributed by atoms with Crippen molar-refractivity contribution in [3.63, 3.8) is 0 Å². The summed E-state index contributed by atoms with van der Waals surface area (Å²) < 4.78 is 21.8. The van der Waals surface area contributed by atoms with E-state index in [1.807, 2.05) is 67.6 Å². The summed E-state index contributed by atoms with van der Waals surface area (Å²) in [6.45, 7) is 2.46. The molecule has 0 saturated heterocycles. The van der Waals surface area contributed by atoms with E-state index in [0.717, 1.165) is 45.4 Å². The first-order valence-electron chi connectivity index (χ1n) is 10.5. The van der Waals surface area contributed by atoms with Crippen molar-refractivity contribution in [3.05, 3.63) is 77.4 Å². The van der Waals surface area contributed by atoms with Gasteiger partial charge in [0.1, 0.15) is 0 Å². The summed E-state index contributed by atoms with van der Waals surface area (Å²) in [4.78, 5) is 12.8. The first-order chi connectivity index (χ1) is 15.6. The molecule has 3 aromatic rings. The van der Waals surface area contributed by atoms with Gasteiger partial charge in [0.05, 0.1) is 0 Å². The number of nitrogens with one attached hydrogen (secondary N) is 2. The van der Waals surface area contributed by atoms with Crippen LogP contribution in [0.15, 0.2) is 60.7 Å². The molecule has 2 heterocycles. The van der Waals surface area contributed by atoms with E-state index in [1.165, 1.54) is 0 Å². The lowest BCUT2D eigenvalue weighted by Crippen LogP contribution is -2.40. The lowest BCUT2D eigenvalue weighted by Gasteiger charge is -2.20. The molecule has 0 aromatic heterocycles. The molecule has 5 rings (SSSR count). The molecule has 2 amide bonds. The SMILES string of the molecule is Cc1cccc(NC(=O)NC(Cc2ccc3c(c2)OCO3)Cc2ccc3c(c2)OCO3)c1. The maximum absolute atomic E-state index is 12.8. The number of carbonyl (C=O) groups excluding carboxylic acids is 1. The number of benzene rings is 3. The number of hydrogen-bond acceptors (Lipinski definition) is 5. The van der Waals surface area contributed by atoms with Crippen LogP contribution in [0.5, 0.6) is 23.0 Å². The van der Waals surface area contributed by atoms with Crippen molar-refractivity contribution in [2.45, 2.75) is 25.8 Å². The number of aryl methyl sites for hydroxylation is 1. The van der Waals surface area contributed by atoms with Gasteiger partial charge >= 0.3 is 6.03 Å². The average Bonchev–Trinajstić information content (AvgIpc) is 3.42. The molecule has 0 saturated carbocycles. The minimum absolute atomic E-state index is 0.152. The Morgan fingerprint density at radius 1 is 0.812 bits per heavy atom. The highest BCUT2D eigenvalue weighted by Crippen LogP contribution is 2.34. The van der Waals surface area contributed by atoms with E-state index < -0.39 is 0 Å². The van der Waals surface area contributed by atoms with Gasteiger partial charge in [-0.15, -0.1) is 0 Å². The minimum Gasteiger partial charge on any atom is -0.454 e. The monoisotopic (exact) mass is 432 g/mol. The maximum Gasteiger partial charge on any atom is 0.319 e. The fourth-order valence-electron chi connectivity index (χ4n) is 3.95. The second-order valence-corrected chi connectivity index (χ2v) is 7.95. The number of hydrogen-bond donors (Lipinski definition) is 2. The zero-order chi connectivity index (χ0) is 21.9. The van der Waals surface area contributed by atoms with Crippen LogP contribution in [0.25, 0.3) is 0 Å². The molecule has 7 nitrogen and oxygen atoms in total. The molecule has 0 bridgehead atoms. The summed E-state index contributed by atoms with van der Waals surface area (Å²) in [6.07, 6.45) is 1.26. The number of ether oxygens (including phenoxy) is 4. The van der Waals surface area contributed by atoms with E-state index >= 15 is 0 Å². The van der Waals surface area contributed by atoms with Crippen LogP contribution in [0.4, 0.5) is 10.5 Å². The average molecular weight is 432 g/mol. The first kappa shape index (κ1) is 20.1. The Morgan fingerprint density at radius 2 is 1.41 bits per heavy atom. The molecule has 0 atom stereocenters. The number of fused-ring (bicyclic) bond motifs is 2. The molecule has 0 spiro atoms. The molecule has 2 N–H and O–H groups in total. The summed E-state index contributed by atoms with van der Waals surface area (Å²) in [5, 5.41) is 6.05. The predicted molar refractivity (Wildman–Crippen MR) is 120 cm³/mol. The number of urea groups is 1. The molecule has 2 aliphatic rings. The third-order valence-corrected chi connectivity index (χ3v) is 5.45. The fourth-order valence-corrected chi connectivity index (χ4v) is 3.95. The third-order valence-electron chi connectivity index (χ3n) is 5.45. The van der Waals surface area contributed by atoms with Gasteiger partial charge in [-0.1, -0.05) is 24.3 Å². The van der Waals surface area contributed by atoms with Gasteiger partial charge < -0.3 is 29.6 Å². The van der Waals surface area contributed by atoms with Gasteiger partial charge in [-0.25, -0.2) is 4.79 Å². The molecular weight excluding hydrogens is 408 g/mol. The van der Waals surface area contributed by atoms with E-state index in [0.29, 0.717) is 12.8 Å². The van der Waals surface area contributed by atoms with Crippen LogP contribution >= 0.6 is 0 Å². The van der Waals surface area contributed by atoms with Crippen molar-refractivity contribution in [2.24, 2.45) is 0 Å². The summed E-state index contributed by atoms with van der Waals surface area (Å²) in [6, 6.07) is 19.1. The standard InChI is InChI=1S/C25H24N2O5/c1-16-3-2-4-19(9-16)26-25(28)27-20(10-17-5-7-21-23(12-17)31-14-29-21)11-18-6-8-22-24(13-18)32-15-30-22/h2-9,12-13,20H,10-11,14-15H2,1H3,(H2,26,27,28). The molecule has 164 valence electrons. The molecule has 0 unspecified atom stereocenters. The van der Waals surface area contributed by atoms with Gasteiger partial charge in [0.25, 0.3) is 0 Å². The Bertz CT molecular complexity index is 1090. The maximum atomic E-state index is 12.8. The van der Waals surface area contributed by atoms with Crippen LogP contribution in [0, 0.1) is 6.92 Å². The van der Waals surface area contributed by atoms with Crippen LogP contribution in [0.3, 0.4) is 0 Å². The predicted octanol–water partition coefficient (Wildman–Crippen LogP) is 4.43. The first-order valence-corrected chi connectivity index (χ1v) is 10.5. The number of carbonyl (C=O) groups is 1. The van der Waals surface area contributed by atoms with E-state index in [-0.39, 0.29) is 25.7 Å². The van der Waals surface area contributed by atoms with Gasteiger partial charge in [0, 0.05) is 11.7 Å². The van der Waals surface area contributed by atoms with Crippen LogP contribution in [0.1, 0.15) is 16.7 Å². The summed E-state index contributed by atoms with van der Waals surface area (Å²) in [5.74, 6) is 2.94. The molecule has 0 aliphatic carbocycles. The highest BCUT2D eigenvalue weighted by Gasteiger charge is 2.20. The van der Waals surface area contributed by atoms with E-state index in [2.05, 4.69) is 10.6 Å². The number of anilines is 1. The van der Waals surface area contributed by atoms with E-state index in [1.54, 1.807) is 0 Å². The minimum atomic E-state index is -0.248. The third kappa shape index (κ3) is 4.56. The Balaban J connectivity index is 1.33. The Hall–Kier alpha value is -3.87. The van der Waals surface area contributed by atoms with Gasteiger partial charge in [-0.3, -0.25) is 0 Å². The second-order valence-electron chi connectivity index (χ2n) is 7.95. The molecule has 32 heavy (non-hydrogen) atoms. The molecule has 0 fully saturated rings. The quantitative estimate of drug-likeness (QED) is 0.603. The zero-order valence-corrected chi connectivity index (χ0v) is 17.7. The highest BCUT2D eigenvalue weighted by atomic mass is 16.7. The second kappa shape index (κ2) is 8.70. The van der Waals surface area contributed by atoms with Gasteiger partial charge in [0.2, 0.25) is 13.6 Å². The summed E-state index contributed by atoms with van der Waals surface area (Å²) >= 11 is 0. The van der Waals surface area contributed by atoms with Crippen LogP contribution in [-0.2, 0) is 12.8 Å². The molecule has 0 radical (unpaired) electrons. The van der Waals surface area contributed by atoms with Crippen LogP contribution in [0.2, 0.25) is 0 Å². The Kier molecular flexibility index (Phi) is 5.46. The summed E-state index contributed by atoms with van der Waals surface area (Å²) in [7, 11) is 0. The van der Waals surface area contributed by atoms with Crippen molar-refractivity contribution in [1.29, 1.82) is 0 Å². The Morgan fingerprint density at radius 3 is 2.00 bits per heavy atom. The van der Waals surface area contributed by atoms with Gasteiger partial charge in [0.15, 0.2) is 23.0 Å². The highest BCUT2D eigenvalue weighted by molar-refractivity contribution is 5.89. The molecular formula is C25H24N2O5. The largest absolute Gasteiger partial charge is 0.454 e. The van der Waals surface area contributed by atoms with Crippen LogP contribution < -0.4 is 29.6 Å². The van der Waals surface area contributed by atoms with Gasteiger partial charge in [-0.05, 0) is 72.9 Å². The zero-order valence-electron chi connectivity index (χ0n) is 17.7. The van der Waals surface area contributed by atoms with Crippen molar-refractivity contribution < 1.29 is 23.7 Å². The topological polar surface area (TPSA) is 78.1 Å². The lowest BCUT2D eigenvalue weighted by molar-refractivity contribution is 0.173. The van der Waals surface area contributed by atoms with Gasteiger partial charge in [-0.2, -0.15) is 0 Å². The molecule has 2 aliphatic heterocycles. The van der Waals surface area contributed by atoms with Crippen molar-refractivity contribution in [1.82, 2.24) is 5.32 Å². The van der Waals surface area contributed by atoms with Crippen molar-refractivity contribution in [3.8, 4) is 23.0 Å². The van der Waals surface area contributed by atoms with Crippen molar-refractivity contribution in [2.75, 3.05) is 18.9 Å². The van der Waals surface area contributed by atoms with Crippen LogP contribution in [-0.4, -0.2) is 25.7 Å². The number of amides is 2. The van der Waals surface area contributed by atoms with E-state index in [4.69, 9.17) is 18.9 Å². The fraction of sp³-hybridized carbons (Fsp3) is 0.240. The van der Waals surface area contributed by atoms with E-state index in [9.17, 15) is 4.79 Å². The smallest absolute Gasteiger partial charge is 0.319 e. The molecule has 7 heteroatoms. The molecule has 3 aromatic carbocycles. The Labute approximate surface area is 186 Å². The summed E-state index contributed by atoms with van der Waals surface area (Å²) in [5.41, 5.74) is 3.94. The normalized spacial score (nSPS) is 13.3. The lowest BCUT2D eigenvalue weighted by atomic mass is 9.98.